The lowest BCUT2D eigenvalue weighted by atomic mass is 10.1. The average molecular weight is 320 g/mol. The second-order valence-corrected chi connectivity index (χ2v) is 5.32. The van der Waals surface area contributed by atoms with Crippen LogP contribution in [0.4, 0.5) is 0 Å². The summed E-state index contributed by atoms with van der Waals surface area (Å²) in [6.07, 6.45) is 1.43. The van der Waals surface area contributed by atoms with Crippen LogP contribution in [-0.4, -0.2) is 15.7 Å². The number of allylic oxidation sites excluding steroid dienone is 1. The summed E-state index contributed by atoms with van der Waals surface area (Å²) in [5.74, 6) is -0.492. The van der Waals surface area contributed by atoms with Crippen LogP contribution in [-0.2, 0) is 0 Å². The summed E-state index contributed by atoms with van der Waals surface area (Å²) in [7, 11) is 0. The zero-order valence-electron chi connectivity index (χ0n) is 11.4. The Morgan fingerprint density at radius 3 is 2.57 bits per heavy atom. The molecule has 21 heavy (non-hydrogen) atoms. The van der Waals surface area contributed by atoms with Crippen molar-refractivity contribution in [2.75, 3.05) is 0 Å². The molecular weight excluding hydrogens is 309 g/mol. The van der Waals surface area contributed by atoms with Crippen LogP contribution in [0.2, 0.25) is 10.0 Å². The van der Waals surface area contributed by atoms with Crippen LogP contribution in [0.1, 0.15) is 21.7 Å². The molecule has 106 valence electrons. The molecular formula is C15H11Cl2N3O. The number of hydrogen-bond acceptors (Lipinski definition) is 3. The van der Waals surface area contributed by atoms with Crippen molar-refractivity contribution in [2.24, 2.45) is 0 Å². The van der Waals surface area contributed by atoms with Gasteiger partial charge in [0.05, 0.1) is 5.69 Å². The molecule has 0 saturated carbocycles. The number of nitriles is 1. The van der Waals surface area contributed by atoms with Crippen molar-refractivity contribution in [2.45, 2.75) is 13.8 Å². The Labute approximate surface area is 132 Å². The fourth-order valence-corrected chi connectivity index (χ4v) is 2.33. The molecule has 0 fully saturated rings. The summed E-state index contributed by atoms with van der Waals surface area (Å²) in [6, 6.07) is 8.50. The summed E-state index contributed by atoms with van der Waals surface area (Å²) >= 11 is 11.9. The Hall–Kier alpha value is -2.09. The molecule has 0 amide bonds. The fraction of sp³-hybridized carbons (Fsp3) is 0.133. The van der Waals surface area contributed by atoms with Gasteiger partial charge in [0.25, 0.3) is 5.91 Å². The van der Waals surface area contributed by atoms with Gasteiger partial charge in [-0.15, -0.1) is 0 Å². The molecule has 0 saturated heterocycles. The number of aryl methyl sites for hydroxylation is 2. The summed E-state index contributed by atoms with van der Waals surface area (Å²) in [6.45, 7) is 3.53. The maximum atomic E-state index is 12.3. The predicted molar refractivity (Wildman–Crippen MR) is 82.4 cm³/mol. The van der Waals surface area contributed by atoms with Gasteiger partial charge in [-0.2, -0.15) is 10.4 Å². The molecule has 2 rings (SSSR count). The van der Waals surface area contributed by atoms with Gasteiger partial charge in [0.15, 0.2) is 0 Å². The number of carbonyl (C=O) groups excluding carboxylic acids is 1. The van der Waals surface area contributed by atoms with E-state index in [-0.39, 0.29) is 5.57 Å². The van der Waals surface area contributed by atoms with Crippen LogP contribution in [0.3, 0.4) is 0 Å². The maximum Gasteiger partial charge on any atom is 0.289 e. The predicted octanol–water partition coefficient (Wildman–Crippen LogP) is 4.05. The lowest BCUT2D eigenvalue weighted by Gasteiger charge is -2.03. The van der Waals surface area contributed by atoms with E-state index in [2.05, 4.69) is 5.10 Å². The number of hydrogen-bond donors (Lipinski definition) is 0. The normalized spacial score (nSPS) is 11.3. The van der Waals surface area contributed by atoms with Crippen molar-refractivity contribution in [1.82, 2.24) is 9.78 Å². The number of benzene rings is 1. The van der Waals surface area contributed by atoms with Crippen LogP contribution >= 0.6 is 23.2 Å². The Morgan fingerprint density at radius 2 is 2.05 bits per heavy atom. The quantitative estimate of drug-likeness (QED) is 0.619. The smallest absolute Gasteiger partial charge is 0.266 e. The molecule has 0 atom stereocenters. The van der Waals surface area contributed by atoms with Crippen LogP contribution in [0, 0.1) is 25.2 Å². The highest BCUT2D eigenvalue weighted by Crippen LogP contribution is 2.23. The SMILES string of the molecule is Cc1cc(C)n(C(=O)/C(C#N)=C/c2ccc(Cl)cc2Cl)n1. The summed E-state index contributed by atoms with van der Waals surface area (Å²) in [5.41, 5.74) is 1.88. The van der Waals surface area contributed by atoms with Crippen molar-refractivity contribution in [3.8, 4) is 6.07 Å². The Balaban J connectivity index is 2.44. The third kappa shape index (κ3) is 3.33. The molecule has 0 aliphatic heterocycles. The molecule has 1 aromatic heterocycles. The van der Waals surface area contributed by atoms with E-state index in [0.717, 1.165) is 0 Å². The first-order valence-corrected chi connectivity index (χ1v) is 6.83. The molecule has 0 bridgehead atoms. The van der Waals surface area contributed by atoms with Gasteiger partial charge < -0.3 is 0 Å². The van der Waals surface area contributed by atoms with Gasteiger partial charge >= 0.3 is 0 Å². The monoisotopic (exact) mass is 319 g/mol. The molecule has 0 radical (unpaired) electrons. The first kappa shape index (κ1) is 15.3. The largest absolute Gasteiger partial charge is 0.289 e. The molecule has 0 aliphatic carbocycles. The highest BCUT2D eigenvalue weighted by atomic mass is 35.5. The minimum absolute atomic E-state index is 0.0505. The van der Waals surface area contributed by atoms with Crippen molar-refractivity contribution < 1.29 is 4.79 Å². The van der Waals surface area contributed by atoms with Gasteiger partial charge in [-0.25, -0.2) is 4.68 Å². The van der Waals surface area contributed by atoms with Crippen molar-refractivity contribution in [3.63, 3.8) is 0 Å². The van der Waals surface area contributed by atoms with E-state index >= 15 is 0 Å². The van der Waals surface area contributed by atoms with Crippen LogP contribution < -0.4 is 0 Å². The minimum atomic E-state index is -0.492. The van der Waals surface area contributed by atoms with Gasteiger partial charge in [-0.05, 0) is 43.7 Å². The Kier molecular flexibility index (Phi) is 4.46. The number of carbonyl (C=O) groups is 1. The van der Waals surface area contributed by atoms with Crippen LogP contribution in [0.25, 0.3) is 6.08 Å². The van der Waals surface area contributed by atoms with E-state index in [9.17, 15) is 10.1 Å². The highest BCUT2D eigenvalue weighted by Gasteiger charge is 2.16. The molecule has 6 heteroatoms. The molecule has 0 N–H and O–H groups in total. The van der Waals surface area contributed by atoms with Gasteiger partial charge in [0.1, 0.15) is 11.6 Å². The van der Waals surface area contributed by atoms with E-state index in [1.54, 1.807) is 38.1 Å². The molecule has 0 spiro atoms. The first-order chi connectivity index (χ1) is 9.92. The van der Waals surface area contributed by atoms with Gasteiger partial charge in [0.2, 0.25) is 0 Å². The number of nitrogens with zero attached hydrogens (tertiary/aromatic N) is 3. The Bertz CT molecular complexity index is 785. The fourth-order valence-electron chi connectivity index (χ4n) is 1.86. The molecule has 1 heterocycles. The molecule has 4 nitrogen and oxygen atoms in total. The first-order valence-electron chi connectivity index (χ1n) is 6.07. The van der Waals surface area contributed by atoms with E-state index in [1.165, 1.54) is 10.8 Å². The summed E-state index contributed by atoms with van der Waals surface area (Å²) in [4.78, 5) is 12.3. The molecule has 2 aromatic rings. The lowest BCUT2D eigenvalue weighted by molar-refractivity contribution is 0.0944. The van der Waals surface area contributed by atoms with E-state index < -0.39 is 5.91 Å². The van der Waals surface area contributed by atoms with Crippen LogP contribution in [0.5, 0.6) is 0 Å². The molecule has 1 aromatic carbocycles. The number of rotatable bonds is 2. The third-order valence-corrected chi connectivity index (χ3v) is 3.38. The summed E-state index contributed by atoms with van der Waals surface area (Å²) < 4.78 is 1.20. The molecule has 0 aliphatic rings. The van der Waals surface area contributed by atoms with Crippen LogP contribution in [0.15, 0.2) is 29.8 Å². The Morgan fingerprint density at radius 1 is 1.33 bits per heavy atom. The van der Waals surface area contributed by atoms with Crippen molar-refractivity contribution in [1.29, 1.82) is 5.26 Å². The minimum Gasteiger partial charge on any atom is -0.266 e. The number of halogens is 2. The topological polar surface area (TPSA) is 58.7 Å². The maximum absolute atomic E-state index is 12.3. The second kappa shape index (κ2) is 6.13. The van der Waals surface area contributed by atoms with Gasteiger partial charge in [-0.3, -0.25) is 4.79 Å². The lowest BCUT2D eigenvalue weighted by Crippen LogP contribution is -2.15. The van der Waals surface area contributed by atoms with Crippen molar-refractivity contribution in [3.05, 3.63) is 56.8 Å². The van der Waals surface area contributed by atoms with Crippen molar-refractivity contribution >= 4 is 35.2 Å². The van der Waals surface area contributed by atoms with E-state index in [1.807, 2.05) is 6.07 Å². The average Bonchev–Trinajstić information content (AvgIpc) is 2.76. The van der Waals surface area contributed by atoms with Gasteiger partial charge in [-0.1, -0.05) is 29.3 Å². The van der Waals surface area contributed by atoms with E-state index in [4.69, 9.17) is 23.2 Å². The standard InChI is InChI=1S/C15H11Cl2N3O/c1-9-5-10(2)20(19-9)15(21)12(8-18)6-11-3-4-13(16)7-14(11)17/h3-7H,1-2H3/b12-6+. The van der Waals surface area contributed by atoms with E-state index in [0.29, 0.717) is 27.0 Å². The van der Waals surface area contributed by atoms with Gasteiger partial charge in [0, 0.05) is 15.7 Å². The number of aromatic nitrogens is 2. The summed E-state index contributed by atoms with van der Waals surface area (Å²) in [5, 5.41) is 14.1. The zero-order valence-corrected chi connectivity index (χ0v) is 12.9. The second-order valence-electron chi connectivity index (χ2n) is 4.48. The zero-order chi connectivity index (χ0) is 15.6. The highest BCUT2D eigenvalue weighted by molar-refractivity contribution is 6.35. The third-order valence-electron chi connectivity index (χ3n) is 2.82. The molecule has 0 unspecified atom stereocenters.